The van der Waals surface area contributed by atoms with E-state index in [9.17, 15) is 4.79 Å². The molecule has 0 unspecified atom stereocenters. The van der Waals surface area contributed by atoms with Gasteiger partial charge in [-0.3, -0.25) is 4.79 Å². The molecule has 0 aliphatic carbocycles. The minimum Gasteiger partial charge on any atom is -0.484 e. The lowest BCUT2D eigenvalue weighted by atomic mass is 10.2. The number of ether oxygens (including phenoxy) is 1. The molecular weight excluding hydrogens is 264 g/mol. The highest BCUT2D eigenvalue weighted by molar-refractivity contribution is 6.31. The zero-order valence-electron chi connectivity index (χ0n) is 11.3. The zero-order chi connectivity index (χ0) is 14.3. The second-order valence-corrected chi connectivity index (χ2v) is 4.56. The predicted molar refractivity (Wildman–Crippen MR) is 77.5 cm³/mol. The quantitative estimate of drug-likeness (QED) is 0.807. The van der Waals surface area contributed by atoms with Gasteiger partial charge in [0.25, 0.3) is 5.91 Å². The van der Waals surface area contributed by atoms with Crippen LogP contribution >= 0.6 is 11.6 Å². The minimum atomic E-state index is -0.166. The van der Waals surface area contributed by atoms with E-state index in [0.29, 0.717) is 23.7 Å². The molecule has 1 aromatic rings. The van der Waals surface area contributed by atoms with E-state index in [2.05, 4.69) is 17.2 Å². The summed E-state index contributed by atoms with van der Waals surface area (Å²) in [7, 11) is 1.80. The molecule has 5 heteroatoms. The molecule has 0 aliphatic heterocycles. The first-order valence-electron chi connectivity index (χ1n) is 6.04. The fraction of sp³-hybridized carbons (Fsp3) is 0.357. The molecule has 1 amide bonds. The molecule has 1 rings (SSSR count). The van der Waals surface area contributed by atoms with Crippen LogP contribution in [-0.4, -0.2) is 26.1 Å². The standard InChI is InChI=1S/C14H19ClN2O2/c1-10-4-5-12(8-13(10)15)19-9-14(18)17-7-6-11(2)16-3/h4-5,8,16H,2,6-7,9H2,1,3H3,(H,17,18). The van der Waals surface area contributed by atoms with Gasteiger partial charge in [0.1, 0.15) is 5.75 Å². The summed E-state index contributed by atoms with van der Waals surface area (Å²) < 4.78 is 5.35. The van der Waals surface area contributed by atoms with Gasteiger partial charge in [-0.05, 0) is 24.6 Å². The van der Waals surface area contributed by atoms with Crippen molar-refractivity contribution in [1.29, 1.82) is 0 Å². The van der Waals surface area contributed by atoms with Crippen LogP contribution in [0.4, 0.5) is 0 Å². The van der Waals surface area contributed by atoms with Crippen molar-refractivity contribution in [1.82, 2.24) is 10.6 Å². The summed E-state index contributed by atoms with van der Waals surface area (Å²) in [5.74, 6) is 0.422. The van der Waals surface area contributed by atoms with Crippen molar-refractivity contribution in [3.63, 3.8) is 0 Å². The fourth-order valence-electron chi connectivity index (χ4n) is 1.34. The van der Waals surface area contributed by atoms with Crippen molar-refractivity contribution in [3.8, 4) is 5.75 Å². The van der Waals surface area contributed by atoms with E-state index in [1.54, 1.807) is 19.2 Å². The predicted octanol–water partition coefficient (Wildman–Crippen LogP) is 2.27. The lowest BCUT2D eigenvalue weighted by molar-refractivity contribution is -0.123. The highest BCUT2D eigenvalue weighted by atomic mass is 35.5. The Hall–Kier alpha value is -1.68. The summed E-state index contributed by atoms with van der Waals surface area (Å²) in [6.07, 6.45) is 0.693. The summed E-state index contributed by atoms with van der Waals surface area (Å²) in [5.41, 5.74) is 1.86. The molecule has 0 heterocycles. The van der Waals surface area contributed by atoms with Crippen molar-refractivity contribution in [2.75, 3.05) is 20.2 Å². The first kappa shape index (κ1) is 15.4. The van der Waals surface area contributed by atoms with Crippen molar-refractivity contribution < 1.29 is 9.53 Å². The molecule has 2 N–H and O–H groups in total. The number of carbonyl (C=O) groups excluding carboxylic acids is 1. The number of hydrogen-bond donors (Lipinski definition) is 2. The van der Waals surface area contributed by atoms with E-state index in [-0.39, 0.29) is 12.5 Å². The number of amides is 1. The van der Waals surface area contributed by atoms with Gasteiger partial charge in [-0.2, -0.15) is 0 Å². The second-order valence-electron chi connectivity index (χ2n) is 4.15. The van der Waals surface area contributed by atoms with Crippen LogP contribution in [0.3, 0.4) is 0 Å². The van der Waals surface area contributed by atoms with Crippen LogP contribution in [0, 0.1) is 6.92 Å². The summed E-state index contributed by atoms with van der Waals surface area (Å²) in [5, 5.41) is 6.29. The second kappa shape index (κ2) is 7.69. The van der Waals surface area contributed by atoms with E-state index in [4.69, 9.17) is 16.3 Å². The Bertz CT molecular complexity index is 461. The average molecular weight is 283 g/mol. The molecule has 19 heavy (non-hydrogen) atoms. The maximum atomic E-state index is 11.5. The van der Waals surface area contributed by atoms with Gasteiger partial charge in [0.15, 0.2) is 6.61 Å². The summed E-state index contributed by atoms with van der Waals surface area (Å²) >= 11 is 5.97. The lowest BCUT2D eigenvalue weighted by Crippen LogP contribution is -2.30. The number of rotatable bonds is 7. The van der Waals surface area contributed by atoms with Gasteiger partial charge in [0, 0.05) is 30.7 Å². The van der Waals surface area contributed by atoms with Crippen LogP contribution in [0.25, 0.3) is 0 Å². The Morgan fingerprint density at radius 2 is 2.21 bits per heavy atom. The highest BCUT2D eigenvalue weighted by Crippen LogP contribution is 2.21. The van der Waals surface area contributed by atoms with Crippen LogP contribution in [0.1, 0.15) is 12.0 Å². The third-order valence-corrected chi connectivity index (χ3v) is 3.02. The molecule has 0 bridgehead atoms. The van der Waals surface area contributed by atoms with Gasteiger partial charge < -0.3 is 15.4 Å². The average Bonchev–Trinajstić information content (AvgIpc) is 2.40. The Labute approximate surface area is 118 Å². The first-order valence-corrected chi connectivity index (χ1v) is 6.42. The monoisotopic (exact) mass is 282 g/mol. The molecular formula is C14H19ClN2O2. The van der Waals surface area contributed by atoms with Crippen LogP contribution in [0.2, 0.25) is 5.02 Å². The molecule has 0 saturated heterocycles. The van der Waals surface area contributed by atoms with E-state index in [1.165, 1.54) is 0 Å². The van der Waals surface area contributed by atoms with Crippen LogP contribution in [0.5, 0.6) is 5.75 Å². The number of aryl methyl sites for hydroxylation is 1. The third kappa shape index (κ3) is 5.66. The normalized spacial score (nSPS) is 9.84. The number of carbonyl (C=O) groups is 1. The molecule has 0 atom stereocenters. The van der Waals surface area contributed by atoms with Gasteiger partial charge >= 0.3 is 0 Å². The third-order valence-electron chi connectivity index (χ3n) is 2.62. The van der Waals surface area contributed by atoms with Gasteiger partial charge in [0.05, 0.1) is 0 Å². The van der Waals surface area contributed by atoms with Gasteiger partial charge in [0.2, 0.25) is 0 Å². The largest absolute Gasteiger partial charge is 0.484 e. The van der Waals surface area contributed by atoms with E-state index >= 15 is 0 Å². The molecule has 0 fully saturated rings. The van der Waals surface area contributed by atoms with Crippen molar-refractivity contribution in [3.05, 3.63) is 41.1 Å². The Balaban J connectivity index is 2.30. The fourth-order valence-corrected chi connectivity index (χ4v) is 1.51. The van der Waals surface area contributed by atoms with E-state index in [1.807, 2.05) is 13.0 Å². The van der Waals surface area contributed by atoms with Crippen molar-refractivity contribution in [2.24, 2.45) is 0 Å². The Morgan fingerprint density at radius 3 is 2.84 bits per heavy atom. The molecule has 0 radical (unpaired) electrons. The van der Waals surface area contributed by atoms with Gasteiger partial charge in [-0.25, -0.2) is 0 Å². The molecule has 104 valence electrons. The van der Waals surface area contributed by atoms with Crippen molar-refractivity contribution >= 4 is 17.5 Å². The van der Waals surface area contributed by atoms with Gasteiger partial charge in [-0.15, -0.1) is 0 Å². The number of halogens is 1. The summed E-state index contributed by atoms with van der Waals surface area (Å²) in [4.78, 5) is 11.5. The topological polar surface area (TPSA) is 50.4 Å². The molecule has 0 spiro atoms. The highest BCUT2D eigenvalue weighted by Gasteiger charge is 2.04. The minimum absolute atomic E-state index is 0.0224. The Morgan fingerprint density at radius 1 is 1.47 bits per heavy atom. The molecule has 0 aliphatic rings. The molecule has 0 saturated carbocycles. The van der Waals surface area contributed by atoms with E-state index < -0.39 is 0 Å². The molecule has 0 aromatic heterocycles. The SMILES string of the molecule is C=C(CCNC(=O)COc1ccc(C)c(Cl)c1)NC. The summed E-state index contributed by atoms with van der Waals surface area (Å²) in [6, 6.07) is 5.34. The molecule has 4 nitrogen and oxygen atoms in total. The van der Waals surface area contributed by atoms with E-state index in [0.717, 1.165) is 11.3 Å². The molecule has 1 aromatic carbocycles. The first-order chi connectivity index (χ1) is 9.02. The number of benzene rings is 1. The van der Waals surface area contributed by atoms with Gasteiger partial charge in [-0.1, -0.05) is 24.2 Å². The maximum Gasteiger partial charge on any atom is 0.257 e. The number of nitrogens with one attached hydrogen (secondary N) is 2. The van der Waals surface area contributed by atoms with Crippen LogP contribution < -0.4 is 15.4 Å². The van der Waals surface area contributed by atoms with Crippen LogP contribution in [-0.2, 0) is 4.79 Å². The Kier molecular flexibility index (Phi) is 6.22. The lowest BCUT2D eigenvalue weighted by Gasteiger charge is -2.09. The smallest absolute Gasteiger partial charge is 0.257 e. The summed E-state index contributed by atoms with van der Waals surface area (Å²) in [6.45, 7) is 6.20. The zero-order valence-corrected chi connectivity index (χ0v) is 12.0. The maximum absolute atomic E-state index is 11.5. The number of hydrogen-bond acceptors (Lipinski definition) is 3. The van der Waals surface area contributed by atoms with Crippen molar-refractivity contribution in [2.45, 2.75) is 13.3 Å². The van der Waals surface area contributed by atoms with Crippen LogP contribution in [0.15, 0.2) is 30.5 Å².